The van der Waals surface area contributed by atoms with E-state index in [4.69, 9.17) is 16.7 Å². The molecule has 1 aliphatic carbocycles. The molecule has 2 heterocycles. The van der Waals surface area contributed by atoms with Crippen molar-refractivity contribution in [1.29, 1.82) is 0 Å². The molecule has 8 heteroatoms. The Bertz CT molecular complexity index is 979. The van der Waals surface area contributed by atoms with Crippen LogP contribution in [0, 0.1) is 6.92 Å². The van der Waals surface area contributed by atoms with Crippen LogP contribution in [0.1, 0.15) is 61.4 Å². The SMILES string of the molecule is Cc1cc(C2CCC(N3C[C@H](S(C)(=O)=O)CC[C@@H]3Cc3ccc(Cl)cc3)CC2)nn1C.Cl. The topological polar surface area (TPSA) is 55.2 Å². The molecule has 2 fully saturated rings. The molecule has 2 aliphatic rings. The summed E-state index contributed by atoms with van der Waals surface area (Å²) in [4.78, 5) is 2.53. The molecule has 1 aromatic carbocycles. The number of halogens is 2. The van der Waals surface area contributed by atoms with Crippen LogP contribution >= 0.6 is 24.0 Å². The molecule has 0 spiro atoms. The van der Waals surface area contributed by atoms with Crippen molar-refractivity contribution in [3.63, 3.8) is 0 Å². The van der Waals surface area contributed by atoms with E-state index < -0.39 is 9.84 Å². The van der Waals surface area contributed by atoms with Crippen LogP contribution in [-0.4, -0.2) is 53.2 Å². The molecule has 0 radical (unpaired) electrons. The van der Waals surface area contributed by atoms with E-state index in [-0.39, 0.29) is 17.7 Å². The highest BCUT2D eigenvalue weighted by Crippen LogP contribution is 2.37. The average molecular weight is 501 g/mol. The van der Waals surface area contributed by atoms with E-state index in [1.807, 2.05) is 23.9 Å². The number of aromatic nitrogens is 2. The standard InChI is InChI=1S/C24H34ClN3O2S.ClH/c1-17-14-24(26-27(17)2)19-6-10-21(11-7-19)28-16-23(31(3,29)30)13-12-22(28)15-18-4-8-20(25)9-5-18;/h4-5,8-9,14,19,21-23H,6-7,10-13,15-16H2,1-3H3;1H/t19?,21?,22-,23-;/m1./s1. The average Bonchev–Trinajstić information content (AvgIpc) is 3.08. The fourth-order valence-corrected chi connectivity index (χ4v) is 6.55. The van der Waals surface area contributed by atoms with Gasteiger partial charge in [-0.3, -0.25) is 9.58 Å². The summed E-state index contributed by atoms with van der Waals surface area (Å²) in [6.45, 7) is 2.76. The highest BCUT2D eigenvalue weighted by atomic mass is 35.5. The zero-order valence-electron chi connectivity index (χ0n) is 19.2. The number of nitrogens with zero attached hydrogens (tertiary/aromatic N) is 3. The Balaban J connectivity index is 0.00000289. The van der Waals surface area contributed by atoms with Crippen molar-refractivity contribution in [2.75, 3.05) is 12.8 Å². The quantitative estimate of drug-likeness (QED) is 0.583. The van der Waals surface area contributed by atoms with Gasteiger partial charge < -0.3 is 0 Å². The molecule has 4 rings (SSSR count). The Morgan fingerprint density at radius 2 is 1.72 bits per heavy atom. The second-order valence-electron chi connectivity index (χ2n) is 9.55. The molecule has 0 amide bonds. The molecule has 0 N–H and O–H groups in total. The van der Waals surface area contributed by atoms with Gasteiger partial charge in [-0.15, -0.1) is 12.4 Å². The van der Waals surface area contributed by atoms with E-state index in [1.54, 1.807) is 0 Å². The van der Waals surface area contributed by atoms with E-state index in [9.17, 15) is 8.42 Å². The Labute approximate surface area is 203 Å². The lowest BCUT2D eigenvalue weighted by Crippen LogP contribution is -2.53. The van der Waals surface area contributed by atoms with Gasteiger partial charge in [0.05, 0.1) is 10.9 Å². The molecule has 5 nitrogen and oxygen atoms in total. The van der Waals surface area contributed by atoms with Crippen molar-refractivity contribution in [3.8, 4) is 0 Å². The fourth-order valence-electron chi connectivity index (χ4n) is 5.42. The fraction of sp³-hybridized carbons (Fsp3) is 0.625. The molecule has 1 aliphatic heterocycles. The number of piperidine rings is 1. The number of hydrogen-bond acceptors (Lipinski definition) is 4. The van der Waals surface area contributed by atoms with Gasteiger partial charge in [-0.2, -0.15) is 5.10 Å². The molecule has 1 saturated heterocycles. The van der Waals surface area contributed by atoms with Gasteiger partial charge in [0.2, 0.25) is 0 Å². The second kappa shape index (κ2) is 10.5. The van der Waals surface area contributed by atoms with Crippen LogP contribution in [0.4, 0.5) is 0 Å². The Morgan fingerprint density at radius 3 is 2.28 bits per heavy atom. The molecular weight excluding hydrogens is 465 g/mol. The lowest BCUT2D eigenvalue weighted by atomic mass is 9.81. The van der Waals surface area contributed by atoms with E-state index in [0.717, 1.165) is 50.0 Å². The predicted octanol–water partition coefficient (Wildman–Crippen LogP) is 4.95. The van der Waals surface area contributed by atoms with Crippen molar-refractivity contribution in [2.45, 2.75) is 75.1 Å². The van der Waals surface area contributed by atoms with Gasteiger partial charge in [0, 0.05) is 48.6 Å². The predicted molar refractivity (Wildman–Crippen MR) is 134 cm³/mol. The zero-order valence-corrected chi connectivity index (χ0v) is 21.6. The molecule has 32 heavy (non-hydrogen) atoms. The van der Waals surface area contributed by atoms with Crippen molar-refractivity contribution in [2.24, 2.45) is 7.05 Å². The Kier molecular flexibility index (Phi) is 8.35. The first kappa shape index (κ1) is 25.5. The van der Waals surface area contributed by atoms with Crippen molar-refractivity contribution in [1.82, 2.24) is 14.7 Å². The largest absolute Gasteiger partial charge is 0.296 e. The zero-order chi connectivity index (χ0) is 22.2. The Morgan fingerprint density at radius 1 is 1.06 bits per heavy atom. The van der Waals surface area contributed by atoms with Gasteiger partial charge in [0.15, 0.2) is 9.84 Å². The third kappa shape index (κ3) is 5.88. The lowest BCUT2D eigenvalue weighted by Gasteiger charge is -2.46. The van der Waals surface area contributed by atoms with Crippen LogP contribution in [0.2, 0.25) is 5.02 Å². The first-order valence-electron chi connectivity index (χ1n) is 11.4. The number of sulfone groups is 1. The van der Waals surface area contributed by atoms with E-state index in [1.165, 1.54) is 23.2 Å². The number of hydrogen-bond donors (Lipinski definition) is 0. The molecule has 1 aromatic heterocycles. The van der Waals surface area contributed by atoms with Crippen molar-refractivity contribution < 1.29 is 8.42 Å². The Hall–Kier alpha value is -1.08. The summed E-state index contributed by atoms with van der Waals surface area (Å²) < 4.78 is 26.6. The molecule has 178 valence electrons. The summed E-state index contributed by atoms with van der Waals surface area (Å²) in [5.41, 5.74) is 3.69. The number of benzene rings is 1. The minimum atomic E-state index is -3.03. The van der Waals surface area contributed by atoms with Crippen LogP contribution in [0.25, 0.3) is 0 Å². The summed E-state index contributed by atoms with van der Waals surface area (Å²) in [5.74, 6) is 0.515. The first-order valence-corrected chi connectivity index (χ1v) is 13.7. The third-order valence-corrected chi connectivity index (χ3v) is 9.26. The maximum atomic E-state index is 12.3. The maximum Gasteiger partial charge on any atom is 0.151 e. The summed E-state index contributed by atoms with van der Waals surface area (Å²) in [5, 5.41) is 5.22. The van der Waals surface area contributed by atoms with Gasteiger partial charge in [0.25, 0.3) is 0 Å². The van der Waals surface area contributed by atoms with Crippen molar-refractivity contribution in [3.05, 3.63) is 52.3 Å². The maximum absolute atomic E-state index is 12.3. The van der Waals surface area contributed by atoms with E-state index in [2.05, 4.69) is 30.0 Å². The number of aryl methyl sites for hydroxylation is 2. The van der Waals surface area contributed by atoms with E-state index >= 15 is 0 Å². The normalized spacial score (nSPS) is 27.1. The summed E-state index contributed by atoms with van der Waals surface area (Å²) in [7, 11) is -1.02. The van der Waals surface area contributed by atoms with Gasteiger partial charge >= 0.3 is 0 Å². The minimum absolute atomic E-state index is 0. The van der Waals surface area contributed by atoms with Crippen LogP contribution in [0.5, 0.6) is 0 Å². The molecule has 2 aromatic rings. The monoisotopic (exact) mass is 499 g/mol. The number of rotatable bonds is 5. The second-order valence-corrected chi connectivity index (χ2v) is 12.3. The van der Waals surface area contributed by atoms with E-state index in [0.29, 0.717) is 24.5 Å². The summed E-state index contributed by atoms with van der Waals surface area (Å²) in [6.07, 6.45) is 8.49. The molecule has 0 bridgehead atoms. The highest BCUT2D eigenvalue weighted by Gasteiger charge is 2.38. The molecule has 0 unspecified atom stereocenters. The molecule has 1 saturated carbocycles. The first-order chi connectivity index (χ1) is 14.7. The van der Waals surface area contributed by atoms with Gasteiger partial charge in [0.1, 0.15) is 0 Å². The highest BCUT2D eigenvalue weighted by molar-refractivity contribution is 7.91. The van der Waals surface area contributed by atoms with Crippen LogP contribution in [0.15, 0.2) is 30.3 Å². The van der Waals surface area contributed by atoms with Gasteiger partial charge in [-0.25, -0.2) is 8.42 Å². The lowest BCUT2D eigenvalue weighted by molar-refractivity contribution is 0.0703. The molecule has 2 atom stereocenters. The third-order valence-electron chi connectivity index (χ3n) is 7.41. The summed E-state index contributed by atoms with van der Waals surface area (Å²) in [6, 6.07) is 11.1. The van der Waals surface area contributed by atoms with Crippen LogP contribution < -0.4 is 0 Å². The minimum Gasteiger partial charge on any atom is -0.296 e. The van der Waals surface area contributed by atoms with Gasteiger partial charge in [-0.1, -0.05) is 23.7 Å². The molecular formula is C24H35Cl2N3O2S. The smallest absolute Gasteiger partial charge is 0.151 e. The van der Waals surface area contributed by atoms with Crippen LogP contribution in [-0.2, 0) is 23.3 Å². The van der Waals surface area contributed by atoms with Crippen LogP contribution in [0.3, 0.4) is 0 Å². The van der Waals surface area contributed by atoms with Crippen molar-refractivity contribution >= 4 is 33.8 Å². The van der Waals surface area contributed by atoms with Gasteiger partial charge in [-0.05, 0) is 75.6 Å². The number of likely N-dealkylation sites (tertiary alicyclic amines) is 1. The summed E-state index contributed by atoms with van der Waals surface area (Å²) >= 11 is 6.07.